The molecule has 0 atom stereocenters. The summed E-state index contributed by atoms with van der Waals surface area (Å²) in [4.78, 5) is 0. The van der Waals surface area contributed by atoms with E-state index < -0.39 is 0 Å². The zero-order valence-electron chi connectivity index (χ0n) is 10.9. The van der Waals surface area contributed by atoms with Gasteiger partial charge in [-0.15, -0.1) is 0 Å². The first-order valence-electron chi connectivity index (χ1n) is 6.49. The van der Waals surface area contributed by atoms with Gasteiger partial charge in [0, 0.05) is 18.5 Å². The van der Waals surface area contributed by atoms with Crippen molar-refractivity contribution >= 4 is 11.8 Å². The molecule has 2 rings (SSSR count). The van der Waals surface area contributed by atoms with Gasteiger partial charge in [0.1, 0.15) is 0 Å². The van der Waals surface area contributed by atoms with Crippen LogP contribution in [0.1, 0.15) is 18.4 Å². The molecule has 0 fully saturated rings. The minimum atomic E-state index is 0.747. The molecule has 1 aliphatic heterocycles. The molecule has 1 aromatic rings. The Morgan fingerprint density at radius 2 is 2.17 bits per heavy atom. The summed E-state index contributed by atoms with van der Waals surface area (Å²) in [5.74, 6) is 3.02. The van der Waals surface area contributed by atoms with E-state index in [2.05, 4.69) is 17.6 Å². The van der Waals surface area contributed by atoms with Crippen LogP contribution in [0.3, 0.4) is 0 Å². The fraction of sp³-hybridized carbons (Fsp3) is 0.571. The molecule has 0 aromatic heterocycles. The maximum absolute atomic E-state index is 5.79. The minimum Gasteiger partial charge on any atom is -0.490 e. The molecule has 0 radical (unpaired) electrons. The highest BCUT2D eigenvalue weighted by molar-refractivity contribution is 7.98. The normalized spacial score (nSPS) is 14.3. The molecule has 1 heterocycles. The Morgan fingerprint density at radius 3 is 3.06 bits per heavy atom. The first-order valence-corrected chi connectivity index (χ1v) is 7.88. The van der Waals surface area contributed by atoms with E-state index >= 15 is 0 Å². The molecule has 0 spiro atoms. The largest absolute Gasteiger partial charge is 0.490 e. The van der Waals surface area contributed by atoms with Gasteiger partial charge in [-0.1, -0.05) is 12.1 Å². The van der Waals surface area contributed by atoms with E-state index in [-0.39, 0.29) is 0 Å². The van der Waals surface area contributed by atoms with Gasteiger partial charge in [-0.3, -0.25) is 0 Å². The van der Waals surface area contributed by atoms with Crippen molar-refractivity contribution in [3.8, 4) is 11.5 Å². The van der Waals surface area contributed by atoms with Crippen LogP contribution in [-0.4, -0.2) is 31.8 Å². The molecule has 0 bridgehead atoms. The van der Waals surface area contributed by atoms with Crippen molar-refractivity contribution in [2.24, 2.45) is 0 Å². The first-order chi connectivity index (χ1) is 8.92. The highest BCUT2D eigenvalue weighted by atomic mass is 32.2. The average molecular weight is 267 g/mol. The molecule has 100 valence electrons. The molecule has 0 amide bonds. The lowest BCUT2D eigenvalue weighted by Gasteiger charge is -2.12. The smallest absolute Gasteiger partial charge is 0.165 e. The molecule has 0 saturated heterocycles. The maximum Gasteiger partial charge on any atom is 0.165 e. The Morgan fingerprint density at radius 1 is 1.28 bits per heavy atom. The lowest BCUT2D eigenvalue weighted by atomic mass is 10.2. The molecule has 3 nitrogen and oxygen atoms in total. The van der Waals surface area contributed by atoms with E-state index in [0.717, 1.165) is 44.2 Å². The fourth-order valence-corrected chi connectivity index (χ4v) is 2.39. The Hall–Kier alpha value is -0.870. The SMILES string of the molecule is CSCCCNCc1cccc2c1OCCCO2. The van der Waals surface area contributed by atoms with Crippen LogP contribution in [0.25, 0.3) is 0 Å². The van der Waals surface area contributed by atoms with Crippen LogP contribution in [-0.2, 0) is 6.54 Å². The summed E-state index contributed by atoms with van der Waals surface area (Å²) in [6, 6.07) is 6.12. The summed E-state index contributed by atoms with van der Waals surface area (Å²) < 4.78 is 11.5. The standard InChI is InChI=1S/C14H21NO2S/c1-18-10-3-7-15-11-12-5-2-6-13-14(12)17-9-4-8-16-13/h2,5-6,15H,3-4,7-11H2,1H3. The van der Waals surface area contributed by atoms with Crippen molar-refractivity contribution in [2.75, 3.05) is 31.8 Å². The molecular formula is C14H21NO2S. The van der Waals surface area contributed by atoms with Gasteiger partial charge in [-0.05, 0) is 31.0 Å². The van der Waals surface area contributed by atoms with E-state index in [1.54, 1.807) is 0 Å². The quantitative estimate of drug-likeness (QED) is 0.803. The zero-order valence-corrected chi connectivity index (χ0v) is 11.7. The Labute approximate surface area is 113 Å². The lowest BCUT2D eigenvalue weighted by molar-refractivity contribution is 0.296. The Balaban J connectivity index is 1.91. The number of rotatable bonds is 6. The van der Waals surface area contributed by atoms with Crippen LogP contribution < -0.4 is 14.8 Å². The van der Waals surface area contributed by atoms with Crippen LogP contribution in [0, 0.1) is 0 Å². The van der Waals surface area contributed by atoms with Gasteiger partial charge in [0.05, 0.1) is 13.2 Å². The highest BCUT2D eigenvalue weighted by Crippen LogP contribution is 2.33. The van der Waals surface area contributed by atoms with Crippen LogP contribution in [0.15, 0.2) is 18.2 Å². The summed E-state index contributed by atoms with van der Waals surface area (Å²) in [7, 11) is 0. The first kappa shape index (κ1) is 13.6. The molecule has 18 heavy (non-hydrogen) atoms. The summed E-state index contributed by atoms with van der Waals surface area (Å²) in [6.45, 7) is 3.39. The average Bonchev–Trinajstić information content (AvgIpc) is 2.64. The maximum atomic E-state index is 5.79. The highest BCUT2D eigenvalue weighted by Gasteiger charge is 2.13. The van der Waals surface area contributed by atoms with Crippen molar-refractivity contribution in [2.45, 2.75) is 19.4 Å². The van der Waals surface area contributed by atoms with E-state index in [9.17, 15) is 0 Å². The summed E-state index contributed by atoms with van der Waals surface area (Å²) in [6.07, 6.45) is 4.30. The Bertz CT molecular complexity index is 371. The van der Waals surface area contributed by atoms with Gasteiger partial charge >= 0.3 is 0 Å². The monoisotopic (exact) mass is 267 g/mol. The van der Waals surface area contributed by atoms with Gasteiger partial charge < -0.3 is 14.8 Å². The molecule has 1 aliphatic rings. The fourth-order valence-electron chi connectivity index (χ4n) is 1.96. The zero-order chi connectivity index (χ0) is 12.6. The third-order valence-corrected chi connectivity index (χ3v) is 3.57. The molecule has 0 saturated carbocycles. The predicted octanol–water partition coefficient (Wildman–Crippen LogP) is 2.69. The number of hydrogen-bond donors (Lipinski definition) is 1. The van der Waals surface area contributed by atoms with E-state index in [4.69, 9.17) is 9.47 Å². The van der Waals surface area contributed by atoms with Crippen LogP contribution in [0.4, 0.5) is 0 Å². The lowest BCUT2D eigenvalue weighted by Crippen LogP contribution is -2.16. The van der Waals surface area contributed by atoms with Gasteiger partial charge in [-0.2, -0.15) is 11.8 Å². The summed E-state index contributed by atoms with van der Waals surface area (Å²) >= 11 is 1.89. The second-order valence-electron chi connectivity index (χ2n) is 4.32. The van der Waals surface area contributed by atoms with Gasteiger partial charge in [0.15, 0.2) is 11.5 Å². The second-order valence-corrected chi connectivity index (χ2v) is 5.30. The second kappa shape index (κ2) is 7.54. The van der Waals surface area contributed by atoms with E-state index in [0.29, 0.717) is 0 Å². The molecule has 0 aliphatic carbocycles. The minimum absolute atomic E-state index is 0.747. The number of nitrogens with one attached hydrogen (secondary N) is 1. The number of thioether (sulfide) groups is 1. The molecular weight excluding hydrogens is 246 g/mol. The van der Waals surface area contributed by atoms with Gasteiger partial charge in [0.2, 0.25) is 0 Å². The van der Waals surface area contributed by atoms with E-state index in [1.165, 1.54) is 17.7 Å². The predicted molar refractivity (Wildman–Crippen MR) is 76.8 cm³/mol. The topological polar surface area (TPSA) is 30.5 Å². The van der Waals surface area contributed by atoms with Crippen molar-refractivity contribution in [1.29, 1.82) is 0 Å². The van der Waals surface area contributed by atoms with Gasteiger partial charge in [0.25, 0.3) is 0 Å². The number of fused-ring (bicyclic) bond motifs is 1. The number of para-hydroxylation sites is 1. The third kappa shape index (κ3) is 3.82. The molecule has 4 heteroatoms. The van der Waals surface area contributed by atoms with Crippen LogP contribution in [0.5, 0.6) is 11.5 Å². The number of benzene rings is 1. The summed E-state index contributed by atoms with van der Waals surface area (Å²) in [5.41, 5.74) is 1.19. The number of ether oxygens (including phenoxy) is 2. The Kier molecular flexibility index (Phi) is 5.68. The van der Waals surface area contributed by atoms with Crippen molar-refractivity contribution in [1.82, 2.24) is 5.32 Å². The van der Waals surface area contributed by atoms with E-state index in [1.807, 2.05) is 23.9 Å². The van der Waals surface area contributed by atoms with Crippen LogP contribution in [0.2, 0.25) is 0 Å². The number of hydrogen-bond acceptors (Lipinski definition) is 4. The summed E-state index contributed by atoms with van der Waals surface area (Å²) in [5, 5.41) is 3.46. The van der Waals surface area contributed by atoms with Crippen molar-refractivity contribution < 1.29 is 9.47 Å². The third-order valence-electron chi connectivity index (χ3n) is 2.87. The van der Waals surface area contributed by atoms with Crippen molar-refractivity contribution in [3.05, 3.63) is 23.8 Å². The molecule has 0 unspecified atom stereocenters. The molecule has 1 aromatic carbocycles. The van der Waals surface area contributed by atoms with Crippen LogP contribution >= 0.6 is 11.8 Å². The van der Waals surface area contributed by atoms with Crippen molar-refractivity contribution in [3.63, 3.8) is 0 Å². The van der Waals surface area contributed by atoms with Gasteiger partial charge in [-0.25, -0.2) is 0 Å². The molecule has 1 N–H and O–H groups in total.